The van der Waals surface area contributed by atoms with E-state index in [0.717, 1.165) is 12.0 Å². The molecular formula is C17H20O. The Morgan fingerprint density at radius 3 is 2.00 bits per heavy atom. The minimum absolute atomic E-state index is 0.358. The molecule has 0 aliphatic heterocycles. The van der Waals surface area contributed by atoms with Crippen molar-refractivity contribution in [2.75, 3.05) is 0 Å². The lowest BCUT2D eigenvalue weighted by Crippen LogP contribution is -2.05. The zero-order valence-corrected chi connectivity index (χ0v) is 11.0. The summed E-state index contributed by atoms with van der Waals surface area (Å²) in [6, 6.07) is 18.7. The lowest BCUT2D eigenvalue weighted by molar-refractivity contribution is 0.198. The average Bonchev–Trinajstić information content (AvgIpc) is 2.41. The fourth-order valence-corrected chi connectivity index (χ4v) is 2.53. The van der Waals surface area contributed by atoms with E-state index in [9.17, 15) is 5.11 Å². The van der Waals surface area contributed by atoms with E-state index in [2.05, 4.69) is 37.3 Å². The molecule has 2 rings (SSSR count). The van der Waals surface area contributed by atoms with Crippen LogP contribution in [-0.2, 0) is 0 Å². The molecule has 1 N–H and O–H groups in total. The number of hydrogen-bond acceptors (Lipinski definition) is 1. The molecule has 0 fully saturated rings. The number of hydrogen-bond donors (Lipinski definition) is 1. The van der Waals surface area contributed by atoms with E-state index in [1.54, 1.807) is 0 Å². The van der Waals surface area contributed by atoms with Crippen molar-refractivity contribution in [2.24, 2.45) is 0 Å². The predicted octanol–water partition coefficient (Wildman–Crippen LogP) is 4.28. The Kier molecular flexibility index (Phi) is 4.16. The monoisotopic (exact) mass is 240 g/mol. The molecular weight excluding hydrogens is 220 g/mol. The van der Waals surface area contributed by atoms with Crippen LogP contribution in [0.4, 0.5) is 0 Å². The number of aliphatic hydroxyl groups excluding tert-OH is 1. The molecule has 0 amide bonds. The Labute approximate surface area is 109 Å². The summed E-state index contributed by atoms with van der Waals surface area (Å²) in [5.41, 5.74) is 3.59. The Bertz CT molecular complexity index is 488. The number of rotatable bonds is 4. The highest BCUT2D eigenvalue weighted by molar-refractivity contribution is 5.38. The zero-order chi connectivity index (χ0) is 13.0. The molecule has 1 nitrogen and oxygen atoms in total. The topological polar surface area (TPSA) is 20.2 Å². The quantitative estimate of drug-likeness (QED) is 0.845. The predicted molar refractivity (Wildman–Crippen MR) is 75.7 cm³/mol. The minimum atomic E-state index is -0.418. The van der Waals surface area contributed by atoms with Gasteiger partial charge in [0, 0.05) is 5.92 Å². The van der Waals surface area contributed by atoms with E-state index < -0.39 is 6.10 Å². The van der Waals surface area contributed by atoms with Crippen LogP contribution in [0.5, 0.6) is 0 Å². The molecule has 2 aromatic rings. The largest absolute Gasteiger partial charge is 0.389 e. The molecule has 94 valence electrons. The van der Waals surface area contributed by atoms with Crippen LogP contribution in [0.25, 0.3) is 0 Å². The van der Waals surface area contributed by atoms with Gasteiger partial charge in [-0.15, -0.1) is 0 Å². The first kappa shape index (κ1) is 12.8. The molecule has 2 atom stereocenters. The maximum Gasteiger partial charge on any atom is 0.0764 e. The van der Waals surface area contributed by atoms with Gasteiger partial charge < -0.3 is 5.11 Å². The second-order valence-corrected chi connectivity index (χ2v) is 4.68. The van der Waals surface area contributed by atoms with E-state index in [0.29, 0.717) is 5.92 Å². The van der Waals surface area contributed by atoms with E-state index in [1.165, 1.54) is 11.1 Å². The second-order valence-electron chi connectivity index (χ2n) is 4.68. The molecule has 0 aromatic heterocycles. The highest BCUT2D eigenvalue weighted by Gasteiger charge is 2.17. The lowest BCUT2D eigenvalue weighted by atomic mass is 9.85. The Morgan fingerprint density at radius 1 is 0.889 bits per heavy atom. The van der Waals surface area contributed by atoms with Crippen LogP contribution in [0.15, 0.2) is 54.6 Å². The minimum Gasteiger partial charge on any atom is -0.389 e. The molecule has 2 aromatic carbocycles. The number of benzene rings is 2. The standard InChI is InChI=1S/C17H20O/c1-3-15(14-9-5-4-6-10-14)17-12-8-7-11-16(17)13(2)18/h4-13,15,18H,3H2,1-2H3. The molecule has 2 unspecified atom stereocenters. The molecule has 0 saturated carbocycles. The van der Waals surface area contributed by atoms with Crippen molar-refractivity contribution in [2.45, 2.75) is 32.3 Å². The van der Waals surface area contributed by atoms with Crippen LogP contribution in [0, 0.1) is 0 Å². The van der Waals surface area contributed by atoms with Crippen LogP contribution in [-0.4, -0.2) is 5.11 Å². The molecule has 0 radical (unpaired) electrons. The summed E-state index contributed by atoms with van der Waals surface area (Å²) in [7, 11) is 0. The maximum atomic E-state index is 9.90. The molecule has 0 heterocycles. The summed E-state index contributed by atoms with van der Waals surface area (Å²) in [4.78, 5) is 0. The van der Waals surface area contributed by atoms with Gasteiger partial charge in [-0.2, -0.15) is 0 Å². The summed E-state index contributed by atoms with van der Waals surface area (Å²) < 4.78 is 0. The summed E-state index contributed by atoms with van der Waals surface area (Å²) >= 11 is 0. The van der Waals surface area contributed by atoms with Crippen LogP contribution in [0.2, 0.25) is 0 Å². The van der Waals surface area contributed by atoms with Crippen molar-refractivity contribution in [1.29, 1.82) is 0 Å². The fourth-order valence-electron chi connectivity index (χ4n) is 2.53. The van der Waals surface area contributed by atoms with Gasteiger partial charge in [-0.05, 0) is 30.0 Å². The van der Waals surface area contributed by atoms with Gasteiger partial charge in [0.25, 0.3) is 0 Å². The van der Waals surface area contributed by atoms with E-state index in [-0.39, 0.29) is 0 Å². The van der Waals surface area contributed by atoms with E-state index >= 15 is 0 Å². The van der Waals surface area contributed by atoms with Crippen molar-refractivity contribution in [3.8, 4) is 0 Å². The third kappa shape index (κ3) is 2.62. The molecule has 18 heavy (non-hydrogen) atoms. The lowest BCUT2D eigenvalue weighted by Gasteiger charge is -2.21. The van der Waals surface area contributed by atoms with Gasteiger partial charge in [0.05, 0.1) is 6.10 Å². The van der Waals surface area contributed by atoms with Gasteiger partial charge in [0.2, 0.25) is 0 Å². The van der Waals surface area contributed by atoms with E-state index in [1.807, 2.05) is 31.2 Å². The summed E-state index contributed by atoms with van der Waals surface area (Å²) in [5.74, 6) is 0.358. The molecule has 0 aliphatic rings. The Hall–Kier alpha value is -1.60. The molecule has 0 saturated heterocycles. The van der Waals surface area contributed by atoms with Crippen LogP contribution in [0.3, 0.4) is 0 Å². The van der Waals surface area contributed by atoms with Crippen molar-refractivity contribution in [3.63, 3.8) is 0 Å². The van der Waals surface area contributed by atoms with Crippen molar-refractivity contribution >= 4 is 0 Å². The van der Waals surface area contributed by atoms with Gasteiger partial charge in [-0.1, -0.05) is 61.5 Å². The Balaban J connectivity index is 2.46. The first-order valence-corrected chi connectivity index (χ1v) is 6.55. The van der Waals surface area contributed by atoms with Crippen LogP contribution in [0.1, 0.15) is 49.0 Å². The summed E-state index contributed by atoms with van der Waals surface area (Å²) in [6.45, 7) is 4.02. The summed E-state index contributed by atoms with van der Waals surface area (Å²) in [6.07, 6.45) is 0.618. The third-order valence-electron chi connectivity index (χ3n) is 3.43. The van der Waals surface area contributed by atoms with Crippen molar-refractivity contribution in [1.82, 2.24) is 0 Å². The van der Waals surface area contributed by atoms with E-state index in [4.69, 9.17) is 0 Å². The second kappa shape index (κ2) is 5.83. The van der Waals surface area contributed by atoms with Gasteiger partial charge in [0.15, 0.2) is 0 Å². The third-order valence-corrected chi connectivity index (χ3v) is 3.43. The molecule has 0 spiro atoms. The first-order valence-electron chi connectivity index (χ1n) is 6.55. The number of aliphatic hydroxyl groups is 1. The average molecular weight is 240 g/mol. The van der Waals surface area contributed by atoms with Gasteiger partial charge >= 0.3 is 0 Å². The Morgan fingerprint density at radius 2 is 1.44 bits per heavy atom. The zero-order valence-electron chi connectivity index (χ0n) is 11.0. The maximum absolute atomic E-state index is 9.90. The van der Waals surface area contributed by atoms with Crippen molar-refractivity contribution in [3.05, 3.63) is 71.3 Å². The fraction of sp³-hybridized carbons (Fsp3) is 0.294. The normalized spacial score (nSPS) is 14.2. The van der Waals surface area contributed by atoms with Crippen LogP contribution < -0.4 is 0 Å². The highest BCUT2D eigenvalue weighted by atomic mass is 16.3. The summed E-state index contributed by atoms with van der Waals surface area (Å²) in [5, 5.41) is 9.90. The molecule has 1 heteroatoms. The molecule has 0 bridgehead atoms. The first-order chi connectivity index (χ1) is 8.74. The van der Waals surface area contributed by atoms with Gasteiger partial charge in [-0.3, -0.25) is 0 Å². The van der Waals surface area contributed by atoms with Crippen LogP contribution >= 0.6 is 0 Å². The highest BCUT2D eigenvalue weighted by Crippen LogP contribution is 2.32. The van der Waals surface area contributed by atoms with Gasteiger partial charge in [0.1, 0.15) is 0 Å². The van der Waals surface area contributed by atoms with Gasteiger partial charge in [-0.25, -0.2) is 0 Å². The van der Waals surface area contributed by atoms with Crippen molar-refractivity contribution < 1.29 is 5.11 Å². The SMILES string of the molecule is CCC(c1ccccc1)c1ccccc1C(C)O. The molecule has 0 aliphatic carbocycles. The smallest absolute Gasteiger partial charge is 0.0764 e.